The summed E-state index contributed by atoms with van der Waals surface area (Å²) in [6.07, 6.45) is -8.07. The number of halogens is 1. The van der Waals surface area contributed by atoms with Crippen molar-refractivity contribution in [2.24, 2.45) is 0 Å². The quantitative estimate of drug-likeness (QED) is 0.169. The van der Waals surface area contributed by atoms with Crippen LogP contribution >= 0.6 is 12.4 Å². The zero-order valence-electron chi connectivity index (χ0n) is 10.0. The van der Waals surface area contributed by atoms with E-state index in [0.717, 1.165) is 0 Å². The molecule has 0 spiro atoms. The van der Waals surface area contributed by atoms with Gasteiger partial charge < -0.3 is 40.5 Å². The summed E-state index contributed by atoms with van der Waals surface area (Å²) in [5.74, 6) is -1.19. The van der Waals surface area contributed by atoms with E-state index in [-0.39, 0.29) is 109 Å². The van der Waals surface area contributed by atoms with Gasteiger partial charge in [0, 0.05) is 0 Å². The van der Waals surface area contributed by atoms with Crippen molar-refractivity contribution < 1.29 is 45.3 Å². The molecule has 1 unspecified atom stereocenters. The number of carboxylic acid groups (broad SMARTS) is 1. The van der Waals surface area contributed by atoms with E-state index in [1.807, 2.05) is 0 Å². The second kappa shape index (κ2) is 23.2. The third kappa shape index (κ3) is 20.3. The summed E-state index contributed by atoms with van der Waals surface area (Å²) in [4.78, 5) is 19.3. The van der Waals surface area contributed by atoms with Gasteiger partial charge in [-0.1, -0.05) is 0 Å². The summed E-state index contributed by atoms with van der Waals surface area (Å²) in [6, 6.07) is 0. The average Bonchev–Trinajstić information content (AvgIpc) is 2.35. The maximum absolute atomic E-state index is 9.90. The predicted molar refractivity (Wildman–Crippen MR) is 88.0 cm³/mol. The van der Waals surface area contributed by atoms with E-state index < -0.39 is 43.1 Å². The molecule has 0 heterocycles. The number of rotatable bonds is 6. The van der Waals surface area contributed by atoms with Gasteiger partial charge in [-0.15, -0.1) is 12.4 Å². The SMILES string of the molecule is CC(O)C(=O)O.Cl.O=C[C@H](O)[C@@H](O)[C@H](O)[C@H](O)CO.[CaH2].[MgH2].[NaH]. The van der Waals surface area contributed by atoms with Crippen LogP contribution in [0.5, 0.6) is 0 Å². The van der Waals surface area contributed by atoms with Crippen LogP contribution in [-0.2, 0) is 9.59 Å². The van der Waals surface area contributed by atoms with Gasteiger partial charge in [-0.2, -0.15) is 0 Å². The molecule has 0 aliphatic rings. The Balaban J connectivity index is -0.0000000565. The number of aliphatic hydroxyl groups is 6. The molecule has 22 heavy (non-hydrogen) atoms. The van der Waals surface area contributed by atoms with Crippen LogP contribution in [0.25, 0.3) is 0 Å². The van der Waals surface area contributed by atoms with Crippen molar-refractivity contribution in [3.05, 3.63) is 0 Å². The number of hydrogen-bond donors (Lipinski definition) is 7. The first-order chi connectivity index (χ1) is 8.18. The van der Waals surface area contributed by atoms with Crippen LogP contribution in [0.4, 0.5) is 0 Å². The van der Waals surface area contributed by atoms with Crippen molar-refractivity contribution in [2.45, 2.75) is 37.4 Å². The van der Waals surface area contributed by atoms with E-state index in [9.17, 15) is 9.59 Å². The minimum absolute atomic E-state index is 0. The zero-order chi connectivity index (χ0) is 14.9. The van der Waals surface area contributed by atoms with Crippen molar-refractivity contribution in [3.63, 3.8) is 0 Å². The second-order valence-electron chi connectivity index (χ2n) is 3.37. The molecular formula is C9H24CaClMgNaO9. The van der Waals surface area contributed by atoms with Crippen LogP contribution in [0.15, 0.2) is 0 Å². The Labute approximate surface area is 201 Å². The first-order valence-electron chi connectivity index (χ1n) is 4.88. The monoisotopic (exact) mass is 398 g/mol. The van der Waals surface area contributed by atoms with Gasteiger partial charge in [0.2, 0.25) is 0 Å². The van der Waals surface area contributed by atoms with Crippen molar-refractivity contribution in [2.75, 3.05) is 6.61 Å². The standard InChI is InChI=1S/C6H12O6.C3H6O3.Ca.ClH.Mg.Na.5H/c7-1-3(9)5(11)6(12)4(10)2-8;1-2(4)3(5)6;;;;;;;;;/h1,3-6,8-12H,2H2;2,4H,1H3,(H,5,6);;1H;;;;;;;/t3-,4+,5+,6+;;;;;;;;;;/m0........../s1. The van der Waals surface area contributed by atoms with Gasteiger partial charge in [-0.05, 0) is 6.92 Å². The molecule has 0 aromatic carbocycles. The van der Waals surface area contributed by atoms with Crippen molar-refractivity contribution in [1.29, 1.82) is 0 Å². The molecular weight excluding hydrogens is 375 g/mol. The molecule has 0 amide bonds. The third-order valence-corrected chi connectivity index (χ3v) is 1.78. The van der Waals surface area contributed by atoms with E-state index in [4.69, 9.17) is 35.7 Å². The molecule has 0 saturated heterocycles. The molecule has 0 aliphatic carbocycles. The number of carbonyl (C=O) groups is 2. The summed E-state index contributed by atoms with van der Waals surface area (Å²) in [6.45, 7) is 0.437. The van der Waals surface area contributed by atoms with Gasteiger partial charge in [0.25, 0.3) is 0 Å². The Hall–Kier alpha value is 2.22. The number of carboxylic acids is 1. The van der Waals surface area contributed by atoms with Gasteiger partial charge in [-0.25, -0.2) is 4.79 Å². The molecule has 0 fully saturated rings. The number of aliphatic hydroxyl groups excluding tert-OH is 6. The Morgan fingerprint density at radius 3 is 1.59 bits per heavy atom. The Morgan fingerprint density at radius 2 is 1.41 bits per heavy atom. The molecule has 0 aromatic rings. The van der Waals surface area contributed by atoms with Crippen molar-refractivity contribution >= 4 is 115 Å². The van der Waals surface area contributed by atoms with E-state index in [1.54, 1.807) is 0 Å². The van der Waals surface area contributed by atoms with Crippen LogP contribution < -0.4 is 0 Å². The third-order valence-electron chi connectivity index (χ3n) is 1.78. The molecule has 5 atom stereocenters. The summed E-state index contributed by atoms with van der Waals surface area (Å²) < 4.78 is 0. The number of aldehydes is 1. The molecule has 0 saturated carbocycles. The summed E-state index contributed by atoms with van der Waals surface area (Å²) in [7, 11) is 0. The zero-order valence-corrected chi connectivity index (χ0v) is 10.8. The first-order valence-corrected chi connectivity index (χ1v) is 4.88. The first kappa shape index (κ1) is 39.3. The molecule has 0 aliphatic heterocycles. The van der Waals surface area contributed by atoms with Gasteiger partial charge in [0.15, 0.2) is 6.29 Å². The predicted octanol–water partition coefficient (Wildman–Crippen LogP) is -5.99. The van der Waals surface area contributed by atoms with Crippen LogP contribution in [-0.4, -0.2) is 175 Å². The Morgan fingerprint density at radius 1 is 1.09 bits per heavy atom. The van der Waals surface area contributed by atoms with Gasteiger partial charge in [-0.3, -0.25) is 0 Å². The molecule has 13 heteroatoms. The minimum atomic E-state index is -1.79. The van der Waals surface area contributed by atoms with Gasteiger partial charge in [0.1, 0.15) is 30.5 Å². The Kier molecular flexibility index (Phi) is 41.5. The average molecular weight is 399 g/mol. The van der Waals surface area contributed by atoms with Crippen LogP contribution in [0.3, 0.4) is 0 Å². The van der Waals surface area contributed by atoms with E-state index >= 15 is 0 Å². The number of aliphatic carboxylic acids is 1. The Bertz CT molecular complexity index is 265. The van der Waals surface area contributed by atoms with Crippen LogP contribution in [0, 0.1) is 0 Å². The number of hydrogen-bond acceptors (Lipinski definition) is 8. The molecule has 126 valence electrons. The van der Waals surface area contributed by atoms with Gasteiger partial charge in [0.05, 0.1) is 6.61 Å². The van der Waals surface area contributed by atoms with Gasteiger partial charge >= 0.3 is 96.3 Å². The fourth-order valence-corrected chi connectivity index (χ4v) is 0.618. The topological polar surface area (TPSA) is 176 Å². The fraction of sp³-hybridized carbons (Fsp3) is 0.778. The number of carbonyl (C=O) groups excluding carboxylic acids is 1. The molecule has 0 radical (unpaired) electrons. The van der Waals surface area contributed by atoms with Crippen LogP contribution in [0.1, 0.15) is 6.92 Å². The normalized spacial score (nSPS) is 15.2. The molecule has 0 aromatic heterocycles. The van der Waals surface area contributed by atoms with Crippen LogP contribution in [0.2, 0.25) is 0 Å². The summed E-state index contributed by atoms with van der Waals surface area (Å²) >= 11 is 0. The van der Waals surface area contributed by atoms with Crippen molar-refractivity contribution in [1.82, 2.24) is 0 Å². The van der Waals surface area contributed by atoms with Crippen molar-refractivity contribution in [3.8, 4) is 0 Å². The molecule has 0 bridgehead atoms. The fourth-order valence-electron chi connectivity index (χ4n) is 0.618. The van der Waals surface area contributed by atoms with E-state index in [1.165, 1.54) is 6.92 Å². The molecule has 0 rings (SSSR count). The van der Waals surface area contributed by atoms with E-state index in [2.05, 4.69) is 0 Å². The van der Waals surface area contributed by atoms with E-state index in [0.29, 0.717) is 0 Å². The molecule has 7 N–H and O–H groups in total. The molecule has 9 nitrogen and oxygen atoms in total. The second-order valence-corrected chi connectivity index (χ2v) is 3.37. The maximum atomic E-state index is 9.90. The summed E-state index contributed by atoms with van der Waals surface area (Å²) in [5, 5.41) is 59.3. The summed E-state index contributed by atoms with van der Waals surface area (Å²) in [5.41, 5.74) is 0.